The normalized spacial score (nSPS) is 14.9. The van der Waals surface area contributed by atoms with E-state index in [1.165, 1.54) is 7.11 Å². The number of hydrogen-bond donors (Lipinski definition) is 0. The number of benzene rings is 1. The van der Waals surface area contributed by atoms with Crippen LogP contribution >= 0.6 is 0 Å². The minimum atomic E-state index is -0.339. The van der Waals surface area contributed by atoms with Crippen molar-refractivity contribution in [1.82, 2.24) is 0 Å². The van der Waals surface area contributed by atoms with E-state index in [2.05, 4.69) is 0 Å². The zero-order valence-corrected chi connectivity index (χ0v) is 9.33. The van der Waals surface area contributed by atoms with Gasteiger partial charge < -0.3 is 4.74 Å². The van der Waals surface area contributed by atoms with Gasteiger partial charge in [0.05, 0.1) is 7.11 Å². The van der Waals surface area contributed by atoms with Crippen LogP contribution in [0.1, 0.15) is 24.8 Å². The molecular weight excluding hydrogens is 207 g/mol. The average molecular weight is 222 g/mol. The van der Waals surface area contributed by atoms with Gasteiger partial charge in [-0.3, -0.25) is 4.79 Å². The van der Waals surface area contributed by atoms with Crippen LogP contribution in [0.15, 0.2) is 18.2 Å². The fraction of sp³-hybridized carbons (Fsp3) is 0.462. The Bertz CT molecular complexity index is 397. The highest BCUT2D eigenvalue weighted by Gasteiger charge is 2.28. The molecule has 3 heteroatoms. The molecule has 0 spiro atoms. The summed E-state index contributed by atoms with van der Waals surface area (Å²) in [6.45, 7) is 0. The molecule has 86 valence electrons. The zero-order chi connectivity index (χ0) is 11.5. The first-order chi connectivity index (χ1) is 7.72. The van der Waals surface area contributed by atoms with Gasteiger partial charge in [-0.1, -0.05) is 12.1 Å². The van der Waals surface area contributed by atoms with Crippen LogP contribution in [0.2, 0.25) is 0 Å². The van der Waals surface area contributed by atoms with Crippen LogP contribution in [0.3, 0.4) is 0 Å². The number of ketones is 1. The monoisotopic (exact) mass is 222 g/mol. The molecule has 2 nitrogen and oxygen atoms in total. The number of Topliss-reactive ketones (excluding diaryl/α,β-unsaturated/α-hetero) is 1. The van der Waals surface area contributed by atoms with Crippen molar-refractivity contribution in [2.24, 2.45) is 5.92 Å². The van der Waals surface area contributed by atoms with Gasteiger partial charge in [0.2, 0.25) is 0 Å². The van der Waals surface area contributed by atoms with E-state index >= 15 is 0 Å². The molecule has 0 heterocycles. The molecule has 1 fully saturated rings. The maximum absolute atomic E-state index is 13.7. The maximum Gasteiger partial charge on any atom is 0.168 e. The summed E-state index contributed by atoms with van der Waals surface area (Å²) in [4.78, 5) is 11.5. The van der Waals surface area contributed by atoms with Crippen molar-refractivity contribution in [3.63, 3.8) is 0 Å². The number of aryl methyl sites for hydroxylation is 1. The van der Waals surface area contributed by atoms with Gasteiger partial charge >= 0.3 is 0 Å². The third kappa shape index (κ3) is 2.40. The molecule has 2 rings (SSSR count). The smallest absolute Gasteiger partial charge is 0.168 e. The first-order valence-electron chi connectivity index (χ1n) is 5.56. The van der Waals surface area contributed by atoms with E-state index in [1.807, 2.05) is 0 Å². The molecule has 1 aliphatic carbocycles. The van der Waals surface area contributed by atoms with E-state index in [-0.39, 0.29) is 23.3 Å². The molecule has 0 atom stereocenters. The third-order valence-corrected chi connectivity index (χ3v) is 2.94. The predicted octanol–water partition coefficient (Wildman–Crippen LogP) is 2.75. The van der Waals surface area contributed by atoms with E-state index in [9.17, 15) is 9.18 Å². The van der Waals surface area contributed by atoms with Crippen molar-refractivity contribution in [2.45, 2.75) is 25.7 Å². The number of halogens is 1. The average Bonchev–Trinajstić information content (AvgIpc) is 3.11. The second-order valence-electron chi connectivity index (χ2n) is 4.17. The Balaban J connectivity index is 2.00. The van der Waals surface area contributed by atoms with Crippen molar-refractivity contribution in [2.75, 3.05) is 7.11 Å². The fourth-order valence-electron chi connectivity index (χ4n) is 1.77. The van der Waals surface area contributed by atoms with E-state index in [4.69, 9.17) is 4.74 Å². The molecule has 0 bridgehead atoms. The molecule has 0 radical (unpaired) electrons. The van der Waals surface area contributed by atoms with Gasteiger partial charge in [-0.25, -0.2) is 4.39 Å². The van der Waals surface area contributed by atoms with Crippen LogP contribution in [0.5, 0.6) is 5.75 Å². The summed E-state index contributed by atoms with van der Waals surface area (Å²) in [6.07, 6.45) is 2.94. The molecule has 1 aromatic carbocycles. The van der Waals surface area contributed by atoms with Crippen molar-refractivity contribution in [3.05, 3.63) is 29.6 Å². The lowest BCUT2D eigenvalue weighted by atomic mass is 10.0. The highest BCUT2D eigenvalue weighted by Crippen LogP contribution is 2.31. The number of rotatable bonds is 5. The minimum absolute atomic E-state index is 0.247. The minimum Gasteiger partial charge on any atom is -0.494 e. The summed E-state index contributed by atoms with van der Waals surface area (Å²) in [5.41, 5.74) is 0.563. The van der Waals surface area contributed by atoms with Gasteiger partial charge in [-0.2, -0.15) is 0 Å². The summed E-state index contributed by atoms with van der Waals surface area (Å²) >= 11 is 0. The maximum atomic E-state index is 13.7. The lowest BCUT2D eigenvalue weighted by Crippen LogP contribution is -2.03. The lowest BCUT2D eigenvalue weighted by molar-refractivity contribution is -0.120. The van der Waals surface area contributed by atoms with Gasteiger partial charge in [-0.05, 0) is 30.9 Å². The quantitative estimate of drug-likeness (QED) is 0.765. The first-order valence-corrected chi connectivity index (χ1v) is 5.56. The number of hydrogen-bond acceptors (Lipinski definition) is 2. The lowest BCUT2D eigenvalue weighted by Gasteiger charge is -2.06. The molecule has 1 aromatic rings. The Morgan fingerprint density at radius 1 is 1.50 bits per heavy atom. The largest absolute Gasteiger partial charge is 0.494 e. The SMILES string of the molecule is COc1cccc(CCC(=O)C2CC2)c1F. The van der Waals surface area contributed by atoms with Crippen LogP contribution in [-0.4, -0.2) is 12.9 Å². The molecular formula is C13H15FO2. The number of ether oxygens (including phenoxy) is 1. The van der Waals surface area contributed by atoms with Crippen LogP contribution in [0, 0.1) is 11.7 Å². The molecule has 0 amide bonds. The first kappa shape index (κ1) is 11.1. The molecule has 1 aliphatic rings. The molecule has 0 aliphatic heterocycles. The van der Waals surface area contributed by atoms with Crippen molar-refractivity contribution in [1.29, 1.82) is 0 Å². The fourth-order valence-corrected chi connectivity index (χ4v) is 1.77. The summed E-state index contributed by atoms with van der Waals surface area (Å²) < 4.78 is 18.6. The van der Waals surface area contributed by atoms with Gasteiger partial charge in [0.15, 0.2) is 11.6 Å². The van der Waals surface area contributed by atoms with Gasteiger partial charge in [0, 0.05) is 12.3 Å². The summed E-state index contributed by atoms with van der Waals surface area (Å²) in [5.74, 6) is 0.431. The van der Waals surface area contributed by atoms with E-state index < -0.39 is 0 Å². The van der Waals surface area contributed by atoms with Gasteiger partial charge in [-0.15, -0.1) is 0 Å². The summed E-state index contributed by atoms with van der Waals surface area (Å²) in [5, 5.41) is 0. The van der Waals surface area contributed by atoms with Crippen LogP contribution in [0.4, 0.5) is 4.39 Å². The van der Waals surface area contributed by atoms with Crippen LogP contribution < -0.4 is 4.74 Å². The molecule has 1 saturated carbocycles. The van der Waals surface area contributed by atoms with Crippen molar-refractivity contribution < 1.29 is 13.9 Å². The van der Waals surface area contributed by atoms with Crippen molar-refractivity contribution in [3.8, 4) is 5.75 Å². The second-order valence-corrected chi connectivity index (χ2v) is 4.17. The van der Waals surface area contributed by atoms with Gasteiger partial charge in [0.1, 0.15) is 5.78 Å². The number of carbonyl (C=O) groups is 1. The molecule has 0 saturated heterocycles. The Hall–Kier alpha value is -1.38. The van der Waals surface area contributed by atoms with Crippen LogP contribution in [-0.2, 0) is 11.2 Å². The summed E-state index contributed by atoms with van der Waals surface area (Å²) in [7, 11) is 1.44. The van der Waals surface area contributed by atoms with Crippen LogP contribution in [0.25, 0.3) is 0 Å². The molecule has 0 unspecified atom stereocenters. The molecule has 0 aromatic heterocycles. The Morgan fingerprint density at radius 2 is 2.25 bits per heavy atom. The third-order valence-electron chi connectivity index (χ3n) is 2.94. The van der Waals surface area contributed by atoms with E-state index in [0.717, 1.165) is 12.8 Å². The second kappa shape index (κ2) is 4.64. The molecule has 16 heavy (non-hydrogen) atoms. The van der Waals surface area contributed by atoms with E-state index in [1.54, 1.807) is 18.2 Å². The standard InChI is InChI=1S/C13H15FO2/c1-16-12-4-2-3-10(13(12)14)7-8-11(15)9-5-6-9/h2-4,9H,5-8H2,1H3. The topological polar surface area (TPSA) is 26.3 Å². The Morgan fingerprint density at radius 3 is 2.88 bits per heavy atom. The number of methoxy groups -OCH3 is 1. The number of carbonyl (C=O) groups excluding carboxylic acids is 1. The van der Waals surface area contributed by atoms with Crippen molar-refractivity contribution >= 4 is 5.78 Å². The highest BCUT2D eigenvalue weighted by atomic mass is 19.1. The predicted molar refractivity (Wildman–Crippen MR) is 59.0 cm³/mol. The Kier molecular flexibility index (Phi) is 3.22. The van der Waals surface area contributed by atoms with Gasteiger partial charge in [0.25, 0.3) is 0 Å². The highest BCUT2D eigenvalue weighted by molar-refractivity contribution is 5.83. The zero-order valence-electron chi connectivity index (χ0n) is 9.33. The summed E-state index contributed by atoms with van der Waals surface area (Å²) in [6, 6.07) is 5.04. The van der Waals surface area contributed by atoms with E-state index in [0.29, 0.717) is 18.4 Å². The molecule has 0 N–H and O–H groups in total. The Labute approximate surface area is 94.4 Å².